The van der Waals surface area contributed by atoms with Gasteiger partial charge in [-0.05, 0) is 19.3 Å². The Balaban J connectivity index is 1.88. The number of hydrogen-bond acceptors (Lipinski definition) is 5. The van der Waals surface area contributed by atoms with Crippen LogP contribution in [-0.4, -0.2) is 64.1 Å². The summed E-state index contributed by atoms with van der Waals surface area (Å²) in [4.78, 5) is 18.1. The lowest BCUT2D eigenvalue weighted by molar-refractivity contribution is -0.136. The third kappa shape index (κ3) is 4.25. The van der Waals surface area contributed by atoms with Crippen molar-refractivity contribution in [1.29, 1.82) is 0 Å². The van der Waals surface area contributed by atoms with Crippen molar-refractivity contribution in [2.24, 2.45) is 5.41 Å². The molecule has 1 aliphatic rings. The predicted molar refractivity (Wildman–Crippen MR) is 76.5 cm³/mol. The van der Waals surface area contributed by atoms with Crippen LogP contribution in [0.1, 0.15) is 25.7 Å². The van der Waals surface area contributed by atoms with E-state index in [4.69, 9.17) is 4.74 Å². The predicted octanol–water partition coefficient (Wildman–Crippen LogP) is 0.306. The zero-order valence-corrected chi connectivity index (χ0v) is 12.6. The summed E-state index contributed by atoms with van der Waals surface area (Å²) in [5.74, 6) is 0.112. The zero-order valence-electron chi connectivity index (χ0n) is 12.6. The van der Waals surface area contributed by atoms with Gasteiger partial charge in [-0.15, -0.1) is 0 Å². The van der Waals surface area contributed by atoms with Gasteiger partial charge in [-0.1, -0.05) is 0 Å². The molecule has 0 aromatic carbocycles. The van der Waals surface area contributed by atoms with Gasteiger partial charge in [0, 0.05) is 38.6 Å². The van der Waals surface area contributed by atoms with Gasteiger partial charge in [0.15, 0.2) is 0 Å². The summed E-state index contributed by atoms with van der Waals surface area (Å²) in [6, 6.07) is 0. The molecular formula is C14H24N4O3. The monoisotopic (exact) mass is 296 g/mol. The SMILES string of the molecule is COCC[C@@]1(CO)CCCN(C(=O)CCn2cncn2)C1. The van der Waals surface area contributed by atoms with Crippen molar-refractivity contribution < 1.29 is 14.6 Å². The number of aryl methyl sites for hydroxylation is 1. The lowest BCUT2D eigenvalue weighted by Crippen LogP contribution is -2.48. The largest absolute Gasteiger partial charge is 0.396 e. The van der Waals surface area contributed by atoms with Crippen LogP contribution in [0.25, 0.3) is 0 Å². The van der Waals surface area contributed by atoms with Crippen LogP contribution in [0.4, 0.5) is 0 Å². The van der Waals surface area contributed by atoms with Gasteiger partial charge in [0.05, 0.1) is 13.2 Å². The molecule has 1 aliphatic heterocycles. The third-order valence-corrected chi connectivity index (χ3v) is 4.21. The second-order valence-electron chi connectivity index (χ2n) is 5.73. The van der Waals surface area contributed by atoms with E-state index in [1.165, 1.54) is 6.33 Å². The number of aliphatic hydroxyl groups excluding tert-OH is 1. The second kappa shape index (κ2) is 7.51. The molecule has 2 heterocycles. The summed E-state index contributed by atoms with van der Waals surface area (Å²) in [6.45, 7) is 2.64. The summed E-state index contributed by atoms with van der Waals surface area (Å²) in [5.41, 5.74) is -0.211. The minimum atomic E-state index is -0.211. The van der Waals surface area contributed by atoms with E-state index in [9.17, 15) is 9.90 Å². The van der Waals surface area contributed by atoms with Crippen LogP contribution < -0.4 is 0 Å². The average molecular weight is 296 g/mol. The Morgan fingerprint density at radius 1 is 1.52 bits per heavy atom. The number of methoxy groups -OCH3 is 1. The molecule has 1 aromatic heterocycles. The molecule has 7 nitrogen and oxygen atoms in total. The first-order valence-corrected chi connectivity index (χ1v) is 7.39. The normalized spacial score (nSPS) is 22.5. The Kier molecular flexibility index (Phi) is 5.69. The minimum absolute atomic E-state index is 0.100. The first kappa shape index (κ1) is 15.9. The van der Waals surface area contributed by atoms with Gasteiger partial charge in [0.1, 0.15) is 12.7 Å². The number of nitrogens with zero attached hydrogens (tertiary/aromatic N) is 4. The van der Waals surface area contributed by atoms with Gasteiger partial charge in [0.25, 0.3) is 0 Å². The highest BCUT2D eigenvalue weighted by Gasteiger charge is 2.36. The molecule has 0 aliphatic carbocycles. The highest BCUT2D eigenvalue weighted by atomic mass is 16.5. The molecule has 1 fully saturated rings. The highest BCUT2D eigenvalue weighted by Crippen LogP contribution is 2.33. The van der Waals surface area contributed by atoms with Gasteiger partial charge < -0.3 is 14.7 Å². The number of ether oxygens (including phenoxy) is 1. The van der Waals surface area contributed by atoms with Crippen molar-refractivity contribution in [3.05, 3.63) is 12.7 Å². The number of likely N-dealkylation sites (tertiary alicyclic amines) is 1. The van der Waals surface area contributed by atoms with Crippen LogP contribution >= 0.6 is 0 Å². The highest BCUT2D eigenvalue weighted by molar-refractivity contribution is 5.76. The van der Waals surface area contributed by atoms with Crippen LogP contribution in [0.5, 0.6) is 0 Å². The van der Waals surface area contributed by atoms with Crippen LogP contribution in [0.3, 0.4) is 0 Å². The van der Waals surface area contributed by atoms with Crippen molar-refractivity contribution in [2.45, 2.75) is 32.2 Å². The Morgan fingerprint density at radius 3 is 3.05 bits per heavy atom. The van der Waals surface area contributed by atoms with Gasteiger partial charge >= 0.3 is 0 Å². The third-order valence-electron chi connectivity index (χ3n) is 4.21. The summed E-state index contributed by atoms with van der Waals surface area (Å²) in [7, 11) is 1.66. The second-order valence-corrected chi connectivity index (χ2v) is 5.73. The van der Waals surface area contributed by atoms with E-state index in [-0.39, 0.29) is 17.9 Å². The van der Waals surface area contributed by atoms with E-state index in [2.05, 4.69) is 10.1 Å². The number of amides is 1. The summed E-state index contributed by atoms with van der Waals surface area (Å²) < 4.78 is 6.79. The van der Waals surface area contributed by atoms with Gasteiger partial charge in [-0.25, -0.2) is 4.98 Å². The standard InChI is InChI=1S/C14H24N4O3/c1-21-8-5-14(10-19)4-2-6-17(9-14)13(20)3-7-18-12-15-11-16-18/h11-12,19H,2-10H2,1H3/t14-/m0/s1. The molecule has 21 heavy (non-hydrogen) atoms. The zero-order chi connectivity index (χ0) is 15.1. The van der Waals surface area contributed by atoms with E-state index < -0.39 is 0 Å². The lowest BCUT2D eigenvalue weighted by Gasteiger charge is -2.42. The number of aromatic nitrogens is 3. The molecule has 1 atom stereocenters. The first-order valence-electron chi connectivity index (χ1n) is 7.39. The number of carbonyl (C=O) groups excluding carboxylic acids is 1. The van der Waals surface area contributed by atoms with Gasteiger partial charge in [-0.2, -0.15) is 5.10 Å². The molecule has 0 saturated carbocycles. The number of carbonyl (C=O) groups is 1. The van der Waals surface area contributed by atoms with Crippen molar-refractivity contribution in [2.75, 3.05) is 33.4 Å². The minimum Gasteiger partial charge on any atom is -0.396 e. The number of aliphatic hydroxyl groups is 1. The maximum Gasteiger partial charge on any atom is 0.224 e. The van der Waals surface area contributed by atoms with E-state index in [0.717, 1.165) is 25.8 Å². The van der Waals surface area contributed by atoms with E-state index in [1.807, 2.05) is 4.90 Å². The fourth-order valence-corrected chi connectivity index (χ4v) is 2.87. The van der Waals surface area contributed by atoms with Crippen LogP contribution in [0.15, 0.2) is 12.7 Å². The quantitative estimate of drug-likeness (QED) is 0.783. The fourth-order valence-electron chi connectivity index (χ4n) is 2.87. The lowest BCUT2D eigenvalue weighted by atomic mass is 9.78. The van der Waals surface area contributed by atoms with Crippen molar-refractivity contribution in [3.8, 4) is 0 Å². The van der Waals surface area contributed by atoms with Gasteiger partial charge in [-0.3, -0.25) is 9.48 Å². The molecule has 0 spiro atoms. The molecule has 118 valence electrons. The Hall–Kier alpha value is -1.47. The van der Waals surface area contributed by atoms with Crippen LogP contribution in [-0.2, 0) is 16.1 Å². The van der Waals surface area contributed by atoms with Crippen molar-refractivity contribution in [3.63, 3.8) is 0 Å². The molecule has 1 aromatic rings. The Labute approximate surface area is 124 Å². The smallest absolute Gasteiger partial charge is 0.224 e. The van der Waals surface area contributed by atoms with E-state index in [1.54, 1.807) is 18.1 Å². The topological polar surface area (TPSA) is 80.5 Å². The van der Waals surface area contributed by atoms with Crippen LogP contribution in [0, 0.1) is 5.41 Å². The first-order chi connectivity index (χ1) is 10.2. The molecular weight excluding hydrogens is 272 g/mol. The van der Waals surface area contributed by atoms with Crippen molar-refractivity contribution in [1.82, 2.24) is 19.7 Å². The molecule has 0 bridgehead atoms. The van der Waals surface area contributed by atoms with E-state index in [0.29, 0.717) is 26.1 Å². The van der Waals surface area contributed by atoms with E-state index >= 15 is 0 Å². The number of hydrogen-bond donors (Lipinski definition) is 1. The number of piperidine rings is 1. The summed E-state index contributed by atoms with van der Waals surface area (Å²) >= 11 is 0. The summed E-state index contributed by atoms with van der Waals surface area (Å²) in [5, 5.41) is 13.7. The Bertz CT molecular complexity index is 437. The average Bonchev–Trinajstić information content (AvgIpc) is 3.04. The molecule has 1 saturated heterocycles. The van der Waals surface area contributed by atoms with Gasteiger partial charge in [0.2, 0.25) is 5.91 Å². The molecule has 7 heteroatoms. The molecule has 2 rings (SSSR count). The summed E-state index contributed by atoms with van der Waals surface area (Å²) in [6.07, 6.45) is 6.15. The molecule has 1 amide bonds. The number of rotatable bonds is 7. The maximum atomic E-state index is 12.3. The molecule has 0 unspecified atom stereocenters. The molecule has 1 N–H and O–H groups in total. The fraction of sp³-hybridized carbons (Fsp3) is 0.786. The van der Waals surface area contributed by atoms with Crippen LogP contribution in [0.2, 0.25) is 0 Å². The maximum absolute atomic E-state index is 12.3. The van der Waals surface area contributed by atoms with Crippen molar-refractivity contribution >= 4 is 5.91 Å². The molecule has 0 radical (unpaired) electrons. The Morgan fingerprint density at radius 2 is 2.38 bits per heavy atom.